The summed E-state index contributed by atoms with van der Waals surface area (Å²) in [6, 6.07) is 5.88. The van der Waals surface area contributed by atoms with Gasteiger partial charge in [-0.2, -0.15) is 5.10 Å². The van der Waals surface area contributed by atoms with Crippen LogP contribution in [-0.4, -0.2) is 20.9 Å². The van der Waals surface area contributed by atoms with Crippen molar-refractivity contribution in [1.82, 2.24) is 9.78 Å². The molecule has 5 heteroatoms. The summed E-state index contributed by atoms with van der Waals surface area (Å²) in [5.74, 6) is -1.39. The fraction of sp³-hybridized carbons (Fsp3) is 0.167. The van der Waals surface area contributed by atoms with Gasteiger partial charge in [-0.25, -0.2) is 9.18 Å². The van der Waals surface area contributed by atoms with Crippen LogP contribution in [-0.2, 0) is 7.05 Å². The zero-order chi connectivity index (χ0) is 12.6. The summed E-state index contributed by atoms with van der Waals surface area (Å²) >= 11 is 0. The van der Waals surface area contributed by atoms with E-state index in [9.17, 15) is 9.18 Å². The highest BCUT2D eigenvalue weighted by Gasteiger charge is 2.18. The van der Waals surface area contributed by atoms with Crippen molar-refractivity contribution < 1.29 is 14.3 Å². The van der Waals surface area contributed by atoms with Gasteiger partial charge in [-0.15, -0.1) is 0 Å². The molecule has 0 fully saturated rings. The fourth-order valence-corrected chi connectivity index (χ4v) is 1.84. The number of halogens is 1. The molecule has 0 radical (unpaired) electrons. The maximum Gasteiger partial charge on any atom is 0.356 e. The lowest BCUT2D eigenvalue weighted by atomic mass is 10.1. The summed E-state index contributed by atoms with van der Waals surface area (Å²) in [5.41, 5.74) is 2.02. The summed E-state index contributed by atoms with van der Waals surface area (Å²) < 4.78 is 14.3. The summed E-state index contributed by atoms with van der Waals surface area (Å²) in [5, 5.41) is 12.9. The van der Waals surface area contributed by atoms with Crippen LogP contribution in [0.4, 0.5) is 4.39 Å². The molecule has 2 rings (SSSR count). The number of aryl methyl sites for hydroxylation is 1. The van der Waals surface area contributed by atoms with E-state index < -0.39 is 5.97 Å². The first kappa shape index (κ1) is 11.3. The molecule has 88 valence electrons. The molecular weight excluding hydrogens is 223 g/mol. The number of carbonyl (C=O) groups is 1. The normalized spacial score (nSPS) is 10.5. The Morgan fingerprint density at radius 1 is 1.35 bits per heavy atom. The molecule has 0 aliphatic rings. The number of carboxylic acids is 1. The molecule has 1 aromatic carbocycles. The molecule has 0 aliphatic heterocycles. The number of hydrogen-bond donors (Lipinski definition) is 1. The first-order valence-electron chi connectivity index (χ1n) is 5.03. The zero-order valence-corrected chi connectivity index (χ0v) is 9.44. The smallest absolute Gasteiger partial charge is 0.356 e. The van der Waals surface area contributed by atoms with Gasteiger partial charge in [0, 0.05) is 18.2 Å². The van der Waals surface area contributed by atoms with Crippen LogP contribution >= 0.6 is 0 Å². The van der Waals surface area contributed by atoms with E-state index in [2.05, 4.69) is 5.10 Å². The predicted octanol–water partition coefficient (Wildman–Crippen LogP) is 2.23. The topological polar surface area (TPSA) is 55.1 Å². The molecule has 4 nitrogen and oxygen atoms in total. The molecule has 0 bridgehead atoms. The van der Waals surface area contributed by atoms with Crippen molar-refractivity contribution in [3.8, 4) is 11.3 Å². The Hall–Kier alpha value is -2.17. The molecule has 0 unspecified atom stereocenters. The van der Waals surface area contributed by atoms with Crippen LogP contribution in [0.25, 0.3) is 11.3 Å². The number of carboxylic acid groups (broad SMARTS) is 1. The molecule has 2 aromatic rings. The standard InChI is InChI=1S/C12H11FN2O2/c1-7-10(12(16)17)14-15(2)11(7)8-3-5-9(13)6-4-8/h3-6H,1-2H3,(H,16,17). The maximum absolute atomic E-state index is 12.8. The van der Waals surface area contributed by atoms with Crippen molar-refractivity contribution in [1.29, 1.82) is 0 Å². The first-order chi connectivity index (χ1) is 8.00. The van der Waals surface area contributed by atoms with Crippen LogP contribution in [0.3, 0.4) is 0 Å². The SMILES string of the molecule is Cc1c(C(=O)O)nn(C)c1-c1ccc(F)cc1. The van der Waals surface area contributed by atoms with Crippen LogP contribution in [0.1, 0.15) is 16.1 Å². The minimum atomic E-state index is -1.06. The number of benzene rings is 1. The van der Waals surface area contributed by atoms with Gasteiger partial charge < -0.3 is 5.11 Å². The van der Waals surface area contributed by atoms with Crippen LogP contribution in [0.2, 0.25) is 0 Å². The van der Waals surface area contributed by atoms with E-state index in [-0.39, 0.29) is 11.5 Å². The first-order valence-corrected chi connectivity index (χ1v) is 5.03. The average molecular weight is 234 g/mol. The minimum absolute atomic E-state index is 0.0202. The van der Waals surface area contributed by atoms with Gasteiger partial charge >= 0.3 is 5.97 Å². The summed E-state index contributed by atoms with van der Waals surface area (Å²) in [7, 11) is 1.66. The molecule has 0 saturated heterocycles. The van der Waals surface area contributed by atoms with Gasteiger partial charge in [-0.3, -0.25) is 4.68 Å². The van der Waals surface area contributed by atoms with Crippen molar-refractivity contribution in [2.45, 2.75) is 6.92 Å². The van der Waals surface area contributed by atoms with Crippen LogP contribution in [0.5, 0.6) is 0 Å². The molecule has 17 heavy (non-hydrogen) atoms. The van der Waals surface area contributed by atoms with Crippen LogP contribution < -0.4 is 0 Å². The second-order valence-electron chi connectivity index (χ2n) is 3.76. The monoisotopic (exact) mass is 234 g/mol. The van der Waals surface area contributed by atoms with Gasteiger partial charge in [0.1, 0.15) is 5.82 Å². The van der Waals surface area contributed by atoms with Gasteiger partial charge in [-0.1, -0.05) is 0 Å². The highest BCUT2D eigenvalue weighted by Crippen LogP contribution is 2.25. The van der Waals surface area contributed by atoms with Gasteiger partial charge in [0.05, 0.1) is 5.69 Å². The predicted molar refractivity (Wildman–Crippen MR) is 60.3 cm³/mol. The van der Waals surface area contributed by atoms with Crippen molar-refractivity contribution in [2.24, 2.45) is 7.05 Å². The number of hydrogen-bond acceptors (Lipinski definition) is 2. The maximum atomic E-state index is 12.8. The Morgan fingerprint density at radius 3 is 2.41 bits per heavy atom. The van der Waals surface area contributed by atoms with Crippen molar-refractivity contribution in [3.05, 3.63) is 41.3 Å². The van der Waals surface area contributed by atoms with Gasteiger partial charge in [0.25, 0.3) is 0 Å². The van der Waals surface area contributed by atoms with Crippen molar-refractivity contribution in [3.63, 3.8) is 0 Å². The molecule has 1 N–H and O–H groups in total. The highest BCUT2D eigenvalue weighted by molar-refractivity contribution is 5.89. The summed E-state index contributed by atoms with van der Waals surface area (Å²) in [6.07, 6.45) is 0. The summed E-state index contributed by atoms with van der Waals surface area (Å²) in [4.78, 5) is 10.9. The molecule has 0 aliphatic carbocycles. The summed E-state index contributed by atoms with van der Waals surface area (Å²) in [6.45, 7) is 1.69. The molecular formula is C12H11FN2O2. The van der Waals surface area contributed by atoms with E-state index in [0.29, 0.717) is 11.3 Å². The zero-order valence-electron chi connectivity index (χ0n) is 9.44. The number of rotatable bonds is 2. The Balaban J connectivity index is 2.59. The van der Waals surface area contributed by atoms with Crippen LogP contribution in [0.15, 0.2) is 24.3 Å². The largest absolute Gasteiger partial charge is 0.476 e. The Bertz CT molecular complexity index is 573. The Morgan fingerprint density at radius 2 is 1.94 bits per heavy atom. The molecule has 1 aromatic heterocycles. The Labute approximate surface area is 97.3 Å². The highest BCUT2D eigenvalue weighted by atomic mass is 19.1. The second-order valence-corrected chi connectivity index (χ2v) is 3.76. The van der Waals surface area contributed by atoms with Gasteiger partial charge in [0.2, 0.25) is 0 Å². The number of aromatic carboxylic acids is 1. The quantitative estimate of drug-likeness (QED) is 0.866. The van der Waals surface area contributed by atoms with Crippen molar-refractivity contribution >= 4 is 5.97 Å². The number of aromatic nitrogens is 2. The van der Waals surface area contributed by atoms with Gasteiger partial charge in [0.15, 0.2) is 5.69 Å². The second kappa shape index (κ2) is 4.01. The van der Waals surface area contributed by atoms with E-state index in [4.69, 9.17) is 5.11 Å². The molecule has 0 amide bonds. The third-order valence-electron chi connectivity index (χ3n) is 2.60. The van der Waals surface area contributed by atoms with E-state index >= 15 is 0 Å². The lowest BCUT2D eigenvalue weighted by molar-refractivity contribution is 0.0689. The van der Waals surface area contributed by atoms with E-state index in [0.717, 1.165) is 5.56 Å². The van der Waals surface area contributed by atoms with E-state index in [1.54, 1.807) is 26.1 Å². The minimum Gasteiger partial charge on any atom is -0.476 e. The Kier molecular flexibility index (Phi) is 2.67. The third kappa shape index (κ3) is 1.91. The fourth-order valence-electron chi connectivity index (χ4n) is 1.84. The number of nitrogens with zero attached hydrogens (tertiary/aromatic N) is 2. The lowest BCUT2D eigenvalue weighted by Crippen LogP contribution is -2.00. The van der Waals surface area contributed by atoms with Crippen LogP contribution in [0, 0.1) is 12.7 Å². The average Bonchev–Trinajstić information content (AvgIpc) is 2.56. The molecule has 1 heterocycles. The van der Waals surface area contributed by atoms with E-state index in [1.165, 1.54) is 16.8 Å². The van der Waals surface area contributed by atoms with Gasteiger partial charge in [-0.05, 0) is 31.2 Å². The lowest BCUT2D eigenvalue weighted by Gasteiger charge is -2.03. The molecule has 0 atom stereocenters. The third-order valence-corrected chi connectivity index (χ3v) is 2.60. The molecule has 0 saturated carbocycles. The van der Waals surface area contributed by atoms with E-state index in [1.807, 2.05) is 0 Å². The molecule has 0 spiro atoms. The van der Waals surface area contributed by atoms with Crippen molar-refractivity contribution in [2.75, 3.05) is 0 Å².